The molecule has 1 rings (SSSR count). The van der Waals surface area contributed by atoms with Gasteiger partial charge in [-0.3, -0.25) is 0 Å². The molecule has 4 nitrogen and oxygen atoms in total. The highest BCUT2D eigenvalue weighted by atomic mass is 32.2. The van der Waals surface area contributed by atoms with Gasteiger partial charge in [0.25, 0.3) is 0 Å². The molecule has 1 saturated heterocycles. The molecule has 0 bridgehead atoms. The standard InChI is InChI=1S/C8H17NO3S/c1-9-4-7-13(10,11)8-2-5-12-6-3-8/h8-9H,2-7H2,1H3. The summed E-state index contributed by atoms with van der Waals surface area (Å²) < 4.78 is 28.4. The molecule has 1 heterocycles. The topological polar surface area (TPSA) is 55.4 Å². The molecule has 0 saturated carbocycles. The number of nitrogens with one attached hydrogen (secondary N) is 1. The number of hydrogen-bond acceptors (Lipinski definition) is 4. The van der Waals surface area contributed by atoms with Gasteiger partial charge in [-0.25, -0.2) is 8.42 Å². The van der Waals surface area contributed by atoms with E-state index in [2.05, 4.69) is 5.32 Å². The van der Waals surface area contributed by atoms with Gasteiger partial charge >= 0.3 is 0 Å². The first-order valence-electron chi connectivity index (χ1n) is 4.61. The average molecular weight is 207 g/mol. The molecule has 0 spiro atoms. The Morgan fingerprint density at radius 3 is 2.54 bits per heavy atom. The average Bonchev–Trinajstić information content (AvgIpc) is 2.16. The van der Waals surface area contributed by atoms with Gasteiger partial charge in [0.1, 0.15) is 0 Å². The second-order valence-corrected chi connectivity index (χ2v) is 5.68. The van der Waals surface area contributed by atoms with Crippen molar-refractivity contribution in [2.75, 3.05) is 32.6 Å². The van der Waals surface area contributed by atoms with Crippen molar-refractivity contribution in [2.45, 2.75) is 18.1 Å². The van der Waals surface area contributed by atoms with Crippen LogP contribution in [0.25, 0.3) is 0 Å². The van der Waals surface area contributed by atoms with Crippen LogP contribution >= 0.6 is 0 Å². The van der Waals surface area contributed by atoms with Crippen LogP contribution in [0.1, 0.15) is 12.8 Å². The molecule has 1 aliphatic heterocycles. The largest absolute Gasteiger partial charge is 0.381 e. The van der Waals surface area contributed by atoms with E-state index in [1.807, 2.05) is 0 Å². The molecule has 0 aromatic carbocycles. The Hall–Kier alpha value is -0.130. The number of ether oxygens (including phenoxy) is 1. The molecule has 5 heteroatoms. The quantitative estimate of drug-likeness (QED) is 0.693. The molecule has 1 fully saturated rings. The Morgan fingerprint density at radius 2 is 2.00 bits per heavy atom. The fraction of sp³-hybridized carbons (Fsp3) is 1.00. The van der Waals surface area contributed by atoms with Gasteiger partial charge in [0.15, 0.2) is 9.84 Å². The van der Waals surface area contributed by atoms with Crippen molar-refractivity contribution in [3.8, 4) is 0 Å². The van der Waals surface area contributed by atoms with Crippen LogP contribution in [0, 0.1) is 0 Å². The van der Waals surface area contributed by atoms with E-state index in [9.17, 15) is 8.42 Å². The first-order valence-corrected chi connectivity index (χ1v) is 6.32. The van der Waals surface area contributed by atoms with Gasteiger partial charge in [0.05, 0.1) is 11.0 Å². The highest BCUT2D eigenvalue weighted by molar-refractivity contribution is 7.92. The molecule has 0 aliphatic carbocycles. The second kappa shape index (κ2) is 4.93. The molecule has 0 amide bonds. The third-order valence-electron chi connectivity index (χ3n) is 2.31. The van der Waals surface area contributed by atoms with Crippen LogP contribution in [0.5, 0.6) is 0 Å². The molecule has 0 radical (unpaired) electrons. The third kappa shape index (κ3) is 3.25. The summed E-state index contributed by atoms with van der Waals surface area (Å²) in [5.74, 6) is 0.244. The smallest absolute Gasteiger partial charge is 0.154 e. The highest BCUT2D eigenvalue weighted by Crippen LogP contribution is 2.15. The fourth-order valence-corrected chi connectivity index (χ4v) is 3.18. The van der Waals surface area contributed by atoms with Crippen molar-refractivity contribution in [1.82, 2.24) is 5.32 Å². The van der Waals surface area contributed by atoms with Gasteiger partial charge in [-0.05, 0) is 19.9 Å². The molecule has 0 atom stereocenters. The zero-order chi connectivity index (χ0) is 9.73. The number of hydrogen-bond donors (Lipinski definition) is 1. The van der Waals surface area contributed by atoms with Crippen molar-refractivity contribution in [1.29, 1.82) is 0 Å². The Labute approximate surface area is 79.6 Å². The molecule has 78 valence electrons. The minimum atomic E-state index is -2.89. The van der Waals surface area contributed by atoms with Gasteiger partial charge in [0.2, 0.25) is 0 Å². The van der Waals surface area contributed by atoms with Crippen molar-refractivity contribution in [3.63, 3.8) is 0 Å². The van der Waals surface area contributed by atoms with E-state index in [-0.39, 0.29) is 11.0 Å². The minimum absolute atomic E-state index is 0.172. The lowest BCUT2D eigenvalue weighted by Gasteiger charge is -2.21. The Balaban J connectivity index is 2.47. The van der Waals surface area contributed by atoms with Crippen LogP contribution in [-0.2, 0) is 14.6 Å². The molecule has 0 aromatic rings. The lowest BCUT2D eigenvalue weighted by molar-refractivity contribution is 0.0983. The SMILES string of the molecule is CNCCS(=O)(=O)C1CCOCC1. The van der Waals surface area contributed by atoms with Crippen LogP contribution in [-0.4, -0.2) is 46.2 Å². The summed E-state index contributed by atoms with van der Waals surface area (Å²) in [5.41, 5.74) is 0. The van der Waals surface area contributed by atoms with Crippen LogP contribution in [0.15, 0.2) is 0 Å². The molecule has 1 N–H and O–H groups in total. The minimum Gasteiger partial charge on any atom is -0.381 e. The Morgan fingerprint density at radius 1 is 1.38 bits per heavy atom. The Kier molecular flexibility index (Phi) is 4.15. The zero-order valence-electron chi connectivity index (χ0n) is 7.95. The van der Waals surface area contributed by atoms with Gasteiger partial charge in [-0.1, -0.05) is 0 Å². The lowest BCUT2D eigenvalue weighted by Crippen LogP contribution is -2.33. The molecule has 13 heavy (non-hydrogen) atoms. The van der Waals surface area contributed by atoms with Crippen molar-refractivity contribution in [3.05, 3.63) is 0 Å². The summed E-state index contributed by atoms with van der Waals surface area (Å²) in [4.78, 5) is 0. The number of rotatable bonds is 4. The van der Waals surface area contributed by atoms with E-state index >= 15 is 0 Å². The van der Waals surface area contributed by atoms with Crippen LogP contribution in [0.3, 0.4) is 0 Å². The molecule has 1 aliphatic rings. The molecule has 0 unspecified atom stereocenters. The Bertz CT molecular complexity index is 232. The summed E-state index contributed by atoms with van der Waals surface area (Å²) >= 11 is 0. The van der Waals surface area contributed by atoms with Gasteiger partial charge in [-0.15, -0.1) is 0 Å². The van der Waals surface area contributed by atoms with Crippen molar-refractivity contribution < 1.29 is 13.2 Å². The zero-order valence-corrected chi connectivity index (χ0v) is 8.77. The summed E-state index contributed by atoms with van der Waals surface area (Å²) in [7, 11) is -1.12. The molecule has 0 aromatic heterocycles. The van der Waals surface area contributed by atoms with E-state index in [1.165, 1.54) is 0 Å². The molecular formula is C8H17NO3S. The number of sulfone groups is 1. The first kappa shape index (κ1) is 10.9. The monoisotopic (exact) mass is 207 g/mol. The lowest BCUT2D eigenvalue weighted by atomic mass is 10.2. The second-order valence-electron chi connectivity index (χ2n) is 3.28. The van der Waals surface area contributed by atoms with Crippen LogP contribution in [0.4, 0.5) is 0 Å². The van der Waals surface area contributed by atoms with Crippen LogP contribution < -0.4 is 5.32 Å². The third-order valence-corrected chi connectivity index (χ3v) is 4.57. The van der Waals surface area contributed by atoms with Gasteiger partial charge < -0.3 is 10.1 Å². The summed E-state index contributed by atoms with van der Waals surface area (Å²) in [6, 6.07) is 0. The maximum Gasteiger partial charge on any atom is 0.154 e. The van der Waals surface area contributed by atoms with E-state index in [1.54, 1.807) is 7.05 Å². The predicted molar refractivity (Wildman–Crippen MR) is 51.6 cm³/mol. The van der Waals surface area contributed by atoms with Crippen molar-refractivity contribution in [2.24, 2.45) is 0 Å². The summed E-state index contributed by atoms with van der Waals surface area (Å²) in [5, 5.41) is 2.68. The van der Waals surface area contributed by atoms with E-state index in [0.29, 0.717) is 32.6 Å². The van der Waals surface area contributed by atoms with Gasteiger partial charge in [0, 0.05) is 19.8 Å². The first-order chi connectivity index (χ1) is 6.17. The predicted octanol–water partition coefficient (Wildman–Crippen LogP) is -0.200. The van der Waals surface area contributed by atoms with E-state index in [0.717, 1.165) is 0 Å². The highest BCUT2D eigenvalue weighted by Gasteiger charge is 2.26. The van der Waals surface area contributed by atoms with E-state index < -0.39 is 9.84 Å². The summed E-state index contributed by atoms with van der Waals surface area (Å²) in [6.45, 7) is 1.71. The summed E-state index contributed by atoms with van der Waals surface area (Å²) in [6.07, 6.45) is 1.32. The molecular weight excluding hydrogens is 190 g/mol. The van der Waals surface area contributed by atoms with Crippen LogP contribution in [0.2, 0.25) is 0 Å². The fourth-order valence-electron chi connectivity index (χ4n) is 1.45. The van der Waals surface area contributed by atoms with Gasteiger partial charge in [-0.2, -0.15) is 0 Å². The van der Waals surface area contributed by atoms with E-state index in [4.69, 9.17) is 4.74 Å². The maximum absolute atomic E-state index is 11.6. The van der Waals surface area contributed by atoms with Crippen molar-refractivity contribution >= 4 is 9.84 Å². The maximum atomic E-state index is 11.6. The normalized spacial score (nSPS) is 20.4.